The molecule has 1 aromatic carbocycles. The molecule has 5 nitrogen and oxygen atoms in total. The number of ether oxygens (including phenoxy) is 1. The second kappa shape index (κ2) is 6.72. The number of benzene rings is 1. The van der Waals surface area contributed by atoms with E-state index in [2.05, 4.69) is 0 Å². The normalized spacial score (nSPS) is 18.2. The third-order valence-corrected chi connectivity index (χ3v) is 3.70. The van der Waals surface area contributed by atoms with Crippen LogP contribution in [0.15, 0.2) is 24.3 Å². The largest absolute Gasteiger partial charge is 0.481 e. The van der Waals surface area contributed by atoms with Gasteiger partial charge in [0.1, 0.15) is 6.61 Å². The SMILES string of the molecule is O=C(O)C1CCN(C(=O)COCc2ccccc2Cl)C1. The van der Waals surface area contributed by atoms with Gasteiger partial charge in [-0.15, -0.1) is 0 Å². The number of hydrogen-bond acceptors (Lipinski definition) is 3. The standard InChI is InChI=1S/C14H16ClNO4/c15-12-4-2-1-3-11(12)8-20-9-13(17)16-6-5-10(7-16)14(18)19/h1-4,10H,5-9H2,(H,18,19). The highest BCUT2D eigenvalue weighted by atomic mass is 35.5. The van der Waals surface area contributed by atoms with E-state index >= 15 is 0 Å². The summed E-state index contributed by atoms with van der Waals surface area (Å²) in [5.41, 5.74) is 0.826. The molecule has 1 amide bonds. The van der Waals surface area contributed by atoms with E-state index in [0.29, 0.717) is 18.0 Å². The van der Waals surface area contributed by atoms with Gasteiger partial charge in [-0.05, 0) is 18.1 Å². The smallest absolute Gasteiger partial charge is 0.308 e. The van der Waals surface area contributed by atoms with Crippen molar-refractivity contribution in [2.75, 3.05) is 19.7 Å². The van der Waals surface area contributed by atoms with Crippen LogP contribution in [0.2, 0.25) is 5.02 Å². The molecule has 0 spiro atoms. The summed E-state index contributed by atoms with van der Waals surface area (Å²) in [6.07, 6.45) is 0.506. The molecule has 2 rings (SSSR count). The fourth-order valence-corrected chi connectivity index (χ4v) is 2.33. The number of nitrogens with zero attached hydrogens (tertiary/aromatic N) is 1. The molecule has 1 heterocycles. The van der Waals surface area contributed by atoms with E-state index in [1.807, 2.05) is 18.2 Å². The van der Waals surface area contributed by atoms with E-state index in [0.717, 1.165) is 5.56 Å². The van der Waals surface area contributed by atoms with Crippen molar-refractivity contribution in [3.63, 3.8) is 0 Å². The van der Waals surface area contributed by atoms with Crippen LogP contribution in [0.3, 0.4) is 0 Å². The number of likely N-dealkylation sites (tertiary alicyclic amines) is 1. The van der Waals surface area contributed by atoms with E-state index in [9.17, 15) is 9.59 Å². The van der Waals surface area contributed by atoms with Crippen LogP contribution in [0.25, 0.3) is 0 Å². The first kappa shape index (κ1) is 14.8. The van der Waals surface area contributed by atoms with E-state index in [-0.39, 0.29) is 25.7 Å². The summed E-state index contributed by atoms with van der Waals surface area (Å²) < 4.78 is 5.35. The van der Waals surface area contributed by atoms with Crippen molar-refractivity contribution in [1.82, 2.24) is 4.90 Å². The summed E-state index contributed by atoms with van der Waals surface area (Å²) in [5.74, 6) is -1.49. The van der Waals surface area contributed by atoms with E-state index in [4.69, 9.17) is 21.4 Å². The topological polar surface area (TPSA) is 66.8 Å². The highest BCUT2D eigenvalue weighted by molar-refractivity contribution is 6.31. The van der Waals surface area contributed by atoms with Gasteiger partial charge in [0.25, 0.3) is 0 Å². The second-order valence-electron chi connectivity index (χ2n) is 4.75. The van der Waals surface area contributed by atoms with Gasteiger partial charge < -0.3 is 14.7 Å². The zero-order valence-electron chi connectivity index (χ0n) is 10.9. The van der Waals surface area contributed by atoms with Gasteiger partial charge in [-0.25, -0.2) is 0 Å². The average molecular weight is 298 g/mol. The third-order valence-electron chi connectivity index (χ3n) is 3.33. The van der Waals surface area contributed by atoms with E-state index in [1.165, 1.54) is 4.90 Å². The maximum absolute atomic E-state index is 11.9. The molecule has 1 aliphatic rings. The number of aliphatic carboxylic acids is 1. The summed E-state index contributed by atoms with van der Waals surface area (Å²) >= 11 is 5.98. The minimum Gasteiger partial charge on any atom is -0.481 e. The Morgan fingerprint density at radius 2 is 2.15 bits per heavy atom. The average Bonchev–Trinajstić information content (AvgIpc) is 2.91. The van der Waals surface area contributed by atoms with Crippen LogP contribution in [0.4, 0.5) is 0 Å². The number of amides is 1. The van der Waals surface area contributed by atoms with Gasteiger partial charge in [0.15, 0.2) is 0 Å². The Morgan fingerprint density at radius 3 is 2.80 bits per heavy atom. The number of carboxylic acids is 1. The maximum Gasteiger partial charge on any atom is 0.308 e. The van der Waals surface area contributed by atoms with Crippen LogP contribution in [0, 0.1) is 5.92 Å². The van der Waals surface area contributed by atoms with Crippen molar-refractivity contribution >= 4 is 23.5 Å². The highest BCUT2D eigenvalue weighted by Gasteiger charge is 2.30. The van der Waals surface area contributed by atoms with E-state index < -0.39 is 11.9 Å². The Hall–Kier alpha value is -1.59. The predicted octanol–water partition coefficient (Wildman–Crippen LogP) is 1.79. The molecule has 20 heavy (non-hydrogen) atoms. The number of halogens is 1. The van der Waals surface area contributed by atoms with E-state index in [1.54, 1.807) is 6.07 Å². The first-order valence-corrected chi connectivity index (χ1v) is 6.77. The Labute approximate surface area is 122 Å². The van der Waals surface area contributed by atoms with Gasteiger partial charge in [0, 0.05) is 18.1 Å². The fraction of sp³-hybridized carbons (Fsp3) is 0.429. The van der Waals surface area contributed by atoms with Gasteiger partial charge in [0.2, 0.25) is 5.91 Å². The monoisotopic (exact) mass is 297 g/mol. The molecule has 0 aromatic heterocycles. The number of hydrogen-bond donors (Lipinski definition) is 1. The van der Waals surface area contributed by atoms with Crippen LogP contribution >= 0.6 is 11.6 Å². The summed E-state index contributed by atoms with van der Waals surface area (Å²) in [6, 6.07) is 7.28. The first-order chi connectivity index (χ1) is 9.58. The van der Waals surface area contributed by atoms with Crippen molar-refractivity contribution < 1.29 is 19.4 Å². The predicted molar refractivity (Wildman–Crippen MR) is 73.4 cm³/mol. The molecule has 0 radical (unpaired) electrons. The van der Waals surface area contributed by atoms with Crippen LogP contribution in [-0.4, -0.2) is 41.6 Å². The minimum absolute atomic E-state index is 0.0580. The van der Waals surface area contributed by atoms with Gasteiger partial charge in [-0.2, -0.15) is 0 Å². The Kier molecular flexibility index (Phi) is 4.98. The van der Waals surface area contributed by atoms with Crippen LogP contribution in [0.5, 0.6) is 0 Å². The number of carboxylic acid groups (broad SMARTS) is 1. The lowest BCUT2D eigenvalue weighted by atomic mass is 10.1. The maximum atomic E-state index is 11.9. The molecule has 1 fully saturated rings. The quantitative estimate of drug-likeness (QED) is 0.900. The van der Waals surface area contributed by atoms with Crippen molar-refractivity contribution in [2.45, 2.75) is 13.0 Å². The summed E-state index contributed by atoms with van der Waals surface area (Å²) in [7, 11) is 0. The number of carbonyl (C=O) groups is 2. The Morgan fingerprint density at radius 1 is 1.40 bits per heavy atom. The van der Waals surface area contributed by atoms with Crippen LogP contribution in [0.1, 0.15) is 12.0 Å². The number of rotatable bonds is 5. The van der Waals surface area contributed by atoms with Crippen molar-refractivity contribution in [3.05, 3.63) is 34.9 Å². The molecular weight excluding hydrogens is 282 g/mol. The number of carbonyl (C=O) groups excluding carboxylic acids is 1. The molecule has 0 bridgehead atoms. The Balaban J connectivity index is 1.76. The summed E-state index contributed by atoms with van der Waals surface area (Å²) in [5, 5.41) is 9.49. The molecule has 1 atom stereocenters. The lowest BCUT2D eigenvalue weighted by molar-refractivity contribution is -0.141. The van der Waals surface area contributed by atoms with Crippen LogP contribution in [-0.2, 0) is 20.9 Å². The summed E-state index contributed by atoms with van der Waals surface area (Å²) in [6.45, 7) is 0.952. The molecule has 0 aliphatic carbocycles. The van der Waals surface area contributed by atoms with Crippen molar-refractivity contribution in [2.24, 2.45) is 5.92 Å². The molecule has 1 aromatic rings. The van der Waals surface area contributed by atoms with Crippen LogP contribution < -0.4 is 0 Å². The molecule has 6 heteroatoms. The zero-order valence-corrected chi connectivity index (χ0v) is 11.7. The zero-order chi connectivity index (χ0) is 14.5. The lowest BCUT2D eigenvalue weighted by Crippen LogP contribution is -2.32. The van der Waals surface area contributed by atoms with Gasteiger partial charge in [-0.1, -0.05) is 29.8 Å². The molecule has 108 valence electrons. The molecular formula is C14H16ClNO4. The Bertz CT molecular complexity index is 506. The van der Waals surface area contributed by atoms with Crippen molar-refractivity contribution in [3.8, 4) is 0 Å². The first-order valence-electron chi connectivity index (χ1n) is 6.39. The molecule has 1 unspecified atom stereocenters. The molecule has 1 aliphatic heterocycles. The van der Waals surface area contributed by atoms with Crippen molar-refractivity contribution in [1.29, 1.82) is 0 Å². The highest BCUT2D eigenvalue weighted by Crippen LogP contribution is 2.18. The molecule has 1 saturated heterocycles. The van der Waals surface area contributed by atoms with Gasteiger partial charge in [0.05, 0.1) is 12.5 Å². The van der Waals surface area contributed by atoms with Gasteiger partial charge >= 0.3 is 5.97 Å². The lowest BCUT2D eigenvalue weighted by Gasteiger charge is -2.15. The van der Waals surface area contributed by atoms with Gasteiger partial charge in [-0.3, -0.25) is 9.59 Å². The second-order valence-corrected chi connectivity index (χ2v) is 5.15. The third kappa shape index (κ3) is 3.71. The molecule has 1 N–H and O–H groups in total. The fourth-order valence-electron chi connectivity index (χ4n) is 2.14. The molecule has 0 saturated carbocycles. The minimum atomic E-state index is -0.850. The summed E-state index contributed by atoms with van der Waals surface area (Å²) in [4.78, 5) is 24.2.